The van der Waals surface area contributed by atoms with Crippen LogP contribution in [0.1, 0.15) is 0 Å². The molecule has 0 unspecified atom stereocenters. The van der Waals surface area contributed by atoms with Gasteiger partial charge >= 0.3 is 0 Å². The smallest absolute Gasteiger partial charge is 0.0504 e. The van der Waals surface area contributed by atoms with E-state index in [4.69, 9.17) is 11.6 Å². The molecule has 0 fully saturated rings. The van der Waals surface area contributed by atoms with Crippen LogP contribution in [0.25, 0.3) is 22.2 Å². The van der Waals surface area contributed by atoms with Crippen LogP contribution >= 0.6 is 11.6 Å². The van der Waals surface area contributed by atoms with Crippen LogP contribution in [0.4, 0.5) is 0 Å². The first kappa shape index (κ1) is 10.4. The molecule has 2 heterocycles. The maximum Gasteiger partial charge on any atom is 0.0504 e. The Morgan fingerprint density at radius 1 is 1.18 bits per heavy atom. The van der Waals surface area contributed by atoms with E-state index < -0.39 is 0 Å². The summed E-state index contributed by atoms with van der Waals surface area (Å²) < 4.78 is 2.14. The summed E-state index contributed by atoms with van der Waals surface area (Å²) in [6, 6.07) is 12.1. The lowest BCUT2D eigenvalue weighted by molar-refractivity contribution is 0.977. The average Bonchev–Trinajstić information content (AvgIpc) is 2.68. The van der Waals surface area contributed by atoms with Crippen LogP contribution in [-0.4, -0.2) is 9.55 Å². The minimum absolute atomic E-state index is 0.761. The monoisotopic (exact) mass is 242 g/mol. The number of hydrogen-bond acceptors (Lipinski definition) is 1. The molecule has 0 bridgehead atoms. The molecule has 0 saturated heterocycles. The summed E-state index contributed by atoms with van der Waals surface area (Å²) >= 11 is 6.02. The third-order valence-electron chi connectivity index (χ3n) is 2.96. The number of nitrogens with zero attached hydrogens (tertiary/aromatic N) is 2. The number of benzene rings is 1. The molecule has 3 heteroatoms. The number of halogens is 1. The minimum atomic E-state index is 0.761. The van der Waals surface area contributed by atoms with Crippen molar-refractivity contribution >= 4 is 22.5 Å². The SMILES string of the molecule is Cn1c(-c2cccnc2)cc2ccc(Cl)cc21. The lowest BCUT2D eigenvalue weighted by Gasteiger charge is -2.03. The van der Waals surface area contributed by atoms with Crippen molar-refractivity contribution in [3.8, 4) is 11.3 Å². The van der Waals surface area contributed by atoms with E-state index in [0.29, 0.717) is 0 Å². The Bertz CT molecular complexity index is 671. The van der Waals surface area contributed by atoms with Crippen molar-refractivity contribution in [2.75, 3.05) is 0 Å². The predicted molar refractivity (Wildman–Crippen MR) is 71.2 cm³/mol. The highest BCUT2D eigenvalue weighted by atomic mass is 35.5. The largest absolute Gasteiger partial charge is 0.344 e. The normalized spacial score (nSPS) is 10.9. The second-order valence-corrected chi connectivity index (χ2v) is 4.47. The Hall–Kier alpha value is -1.80. The minimum Gasteiger partial charge on any atom is -0.344 e. The molecule has 2 nitrogen and oxygen atoms in total. The second kappa shape index (κ2) is 3.90. The maximum absolute atomic E-state index is 6.02. The van der Waals surface area contributed by atoms with E-state index in [9.17, 15) is 0 Å². The quantitative estimate of drug-likeness (QED) is 0.633. The molecule has 3 aromatic rings. The van der Waals surface area contributed by atoms with E-state index in [2.05, 4.69) is 21.7 Å². The van der Waals surface area contributed by atoms with Crippen molar-refractivity contribution in [3.05, 3.63) is 53.8 Å². The molecule has 0 atom stereocenters. The van der Waals surface area contributed by atoms with Crippen LogP contribution in [-0.2, 0) is 7.05 Å². The standard InChI is InChI=1S/C14H11ClN2/c1-17-13(11-3-2-6-16-9-11)7-10-4-5-12(15)8-14(10)17/h2-9H,1H3. The zero-order valence-corrected chi connectivity index (χ0v) is 10.1. The van der Waals surface area contributed by atoms with Crippen LogP contribution < -0.4 is 0 Å². The van der Waals surface area contributed by atoms with Gasteiger partial charge in [0, 0.05) is 40.9 Å². The average molecular weight is 243 g/mol. The van der Waals surface area contributed by atoms with Crippen molar-refractivity contribution in [1.29, 1.82) is 0 Å². The zero-order valence-electron chi connectivity index (χ0n) is 9.39. The number of aromatic nitrogens is 2. The Balaban J connectivity index is 2.28. The van der Waals surface area contributed by atoms with Crippen LogP contribution in [0.5, 0.6) is 0 Å². The molecule has 2 aromatic heterocycles. The van der Waals surface area contributed by atoms with Crippen LogP contribution in [0.3, 0.4) is 0 Å². The summed E-state index contributed by atoms with van der Waals surface area (Å²) in [5, 5.41) is 1.95. The van der Waals surface area contributed by atoms with Gasteiger partial charge in [-0.05, 0) is 30.3 Å². The molecule has 84 valence electrons. The molecular weight excluding hydrogens is 232 g/mol. The lowest BCUT2D eigenvalue weighted by Crippen LogP contribution is -1.91. The van der Waals surface area contributed by atoms with Gasteiger partial charge in [0.25, 0.3) is 0 Å². The van der Waals surface area contributed by atoms with Gasteiger partial charge in [0.2, 0.25) is 0 Å². The first-order valence-corrected chi connectivity index (χ1v) is 5.79. The van der Waals surface area contributed by atoms with Gasteiger partial charge in [-0.1, -0.05) is 17.7 Å². The predicted octanol–water partition coefficient (Wildman–Crippen LogP) is 3.89. The lowest BCUT2D eigenvalue weighted by atomic mass is 10.2. The molecule has 1 aromatic carbocycles. The van der Waals surface area contributed by atoms with Gasteiger partial charge in [-0.15, -0.1) is 0 Å². The molecule has 0 radical (unpaired) electrons. The van der Waals surface area contributed by atoms with Crippen LogP contribution in [0.15, 0.2) is 48.8 Å². The maximum atomic E-state index is 6.02. The summed E-state index contributed by atoms with van der Waals surface area (Å²) in [5.74, 6) is 0. The molecular formula is C14H11ClN2. The number of fused-ring (bicyclic) bond motifs is 1. The Morgan fingerprint density at radius 2 is 2.06 bits per heavy atom. The summed E-state index contributed by atoms with van der Waals surface area (Å²) in [5.41, 5.74) is 3.40. The highest BCUT2D eigenvalue weighted by molar-refractivity contribution is 6.31. The fraction of sp³-hybridized carbons (Fsp3) is 0.0714. The van der Waals surface area contributed by atoms with Crippen LogP contribution in [0.2, 0.25) is 5.02 Å². The van der Waals surface area contributed by atoms with Crippen molar-refractivity contribution in [2.45, 2.75) is 0 Å². The van der Waals surface area contributed by atoms with Crippen molar-refractivity contribution < 1.29 is 0 Å². The van der Waals surface area contributed by atoms with Crippen molar-refractivity contribution in [3.63, 3.8) is 0 Å². The second-order valence-electron chi connectivity index (χ2n) is 4.03. The zero-order chi connectivity index (χ0) is 11.8. The third-order valence-corrected chi connectivity index (χ3v) is 3.20. The molecule has 0 spiro atoms. The Morgan fingerprint density at radius 3 is 2.82 bits per heavy atom. The van der Waals surface area contributed by atoms with Gasteiger partial charge in [0.15, 0.2) is 0 Å². The molecule has 0 aliphatic carbocycles. The summed E-state index contributed by atoms with van der Waals surface area (Å²) in [6.45, 7) is 0. The van der Waals surface area contributed by atoms with E-state index >= 15 is 0 Å². The van der Waals surface area contributed by atoms with Gasteiger partial charge in [-0.2, -0.15) is 0 Å². The molecule has 17 heavy (non-hydrogen) atoms. The molecule has 0 aliphatic rings. The number of aryl methyl sites for hydroxylation is 1. The summed E-state index contributed by atoms with van der Waals surface area (Å²) in [4.78, 5) is 4.15. The molecule has 0 saturated carbocycles. The number of hydrogen-bond donors (Lipinski definition) is 0. The molecule has 0 aliphatic heterocycles. The van der Waals surface area contributed by atoms with Gasteiger partial charge in [-0.25, -0.2) is 0 Å². The molecule has 0 N–H and O–H groups in total. The highest BCUT2D eigenvalue weighted by Gasteiger charge is 2.07. The van der Waals surface area contributed by atoms with Gasteiger partial charge in [-0.3, -0.25) is 4.98 Å². The van der Waals surface area contributed by atoms with E-state index in [0.717, 1.165) is 21.8 Å². The van der Waals surface area contributed by atoms with Crippen molar-refractivity contribution in [1.82, 2.24) is 9.55 Å². The fourth-order valence-electron chi connectivity index (χ4n) is 2.09. The van der Waals surface area contributed by atoms with Gasteiger partial charge in [0.05, 0.1) is 5.69 Å². The van der Waals surface area contributed by atoms with Gasteiger partial charge in [0.1, 0.15) is 0 Å². The molecule has 0 amide bonds. The Labute approximate surface area is 104 Å². The van der Waals surface area contributed by atoms with E-state index in [-0.39, 0.29) is 0 Å². The number of rotatable bonds is 1. The van der Waals surface area contributed by atoms with E-state index in [1.54, 1.807) is 6.20 Å². The number of pyridine rings is 1. The Kier molecular flexibility index (Phi) is 2.37. The van der Waals surface area contributed by atoms with Gasteiger partial charge < -0.3 is 4.57 Å². The first-order valence-electron chi connectivity index (χ1n) is 5.41. The third kappa shape index (κ3) is 1.71. The van der Waals surface area contributed by atoms with E-state index in [1.165, 1.54) is 5.39 Å². The summed E-state index contributed by atoms with van der Waals surface area (Å²) in [6.07, 6.45) is 3.65. The van der Waals surface area contributed by atoms with E-state index in [1.807, 2.05) is 37.5 Å². The summed E-state index contributed by atoms with van der Waals surface area (Å²) in [7, 11) is 2.04. The van der Waals surface area contributed by atoms with Crippen LogP contribution in [0, 0.1) is 0 Å². The van der Waals surface area contributed by atoms with Crippen molar-refractivity contribution in [2.24, 2.45) is 7.05 Å². The molecule has 3 rings (SSSR count). The highest BCUT2D eigenvalue weighted by Crippen LogP contribution is 2.28. The first-order chi connectivity index (χ1) is 8.25. The fourth-order valence-corrected chi connectivity index (χ4v) is 2.26. The topological polar surface area (TPSA) is 17.8 Å².